The summed E-state index contributed by atoms with van der Waals surface area (Å²) in [4.78, 5) is 38.5. The van der Waals surface area contributed by atoms with Gasteiger partial charge in [0.2, 0.25) is 5.91 Å². The van der Waals surface area contributed by atoms with E-state index in [1.807, 2.05) is 32.1 Å². The van der Waals surface area contributed by atoms with Crippen molar-refractivity contribution in [3.8, 4) is 0 Å². The second kappa shape index (κ2) is 12.2. The van der Waals surface area contributed by atoms with Crippen molar-refractivity contribution in [1.29, 1.82) is 0 Å². The molecule has 1 saturated heterocycles. The molecule has 11 atom stereocenters. The number of hydrogen-bond acceptors (Lipinski definition) is 9. The summed E-state index contributed by atoms with van der Waals surface area (Å²) >= 11 is 0. The highest BCUT2D eigenvalue weighted by Gasteiger charge is 2.57. The van der Waals surface area contributed by atoms with Crippen molar-refractivity contribution in [2.75, 3.05) is 7.11 Å². The zero-order valence-corrected chi connectivity index (χ0v) is 24.9. The molecule has 0 saturated carbocycles. The summed E-state index contributed by atoms with van der Waals surface area (Å²) in [5.74, 6) is -2.75. The summed E-state index contributed by atoms with van der Waals surface area (Å²) in [6.07, 6.45) is 3.64. The van der Waals surface area contributed by atoms with Crippen LogP contribution in [0.3, 0.4) is 0 Å². The molecule has 1 spiro atoms. The lowest BCUT2D eigenvalue weighted by molar-refractivity contribution is -0.172. The number of hydrogen-bond donors (Lipinski definition) is 2. The normalized spacial score (nSPS) is 35.7. The van der Waals surface area contributed by atoms with Gasteiger partial charge >= 0.3 is 11.9 Å². The van der Waals surface area contributed by atoms with Gasteiger partial charge in [0.1, 0.15) is 24.0 Å². The lowest BCUT2D eigenvalue weighted by Gasteiger charge is -2.41. The van der Waals surface area contributed by atoms with E-state index in [4.69, 9.17) is 18.9 Å². The van der Waals surface area contributed by atoms with Crippen molar-refractivity contribution < 1.29 is 43.5 Å². The van der Waals surface area contributed by atoms with E-state index >= 15 is 0 Å². The van der Waals surface area contributed by atoms with E-state index in [0.29, 0.717) is 12.8 Å². The van der Waals surface area contributed by atoms with Crippen LogP contribution in [0.5, 0.6) is 0 Å². The fraction of sp³-hybridized carbons (Fsp3) is 0.645. The molecule has 10 nitrogen and oxygen atoms in total. The van der Waals surface area contributed by atoms with Crippen molar-refractivity contribution >= 4 is 17.8 Å². The van der Waals surface area contributed by atoms with Crippen molar-refractivity contribution in [3.63, 3.8) is 0 Å². The molecule has 10 heteroatoms. The molecular weight excluding hydrogens is 530 g/mol. The zero-order chi connectivity index (χ0) is 30.2. The highest BCUT2D eigenvalue weighted by molar-refractivity contribution is 5.93. The van der Waals surface area contributed by atoms with Crippen LogP contribution in [0.1, 0.15) is 69.7 Å². The topological polar surface area (TPSA) is 134 Å². The molecular formula is C31H43NO9. The van der Waals surface area contributed by atoms with E-state index in [2.05, 4.69) is 0 Å². The van der Waals surface area contributed by atoms with Gasteiger partial charge in [-0.15, -0.1) is 0 Å². The molecule has 4 rings (SSSR count). The number of carbonyl (C=O) groups excluding carboxylic acids is 3. The minimum atomic E-state index is -0.899. The summed E-state index contributed by atoms with van der Waals surface area (Å²) < 4.78 is 25.5. The highest BCUT2D eigenvalue weighted by atomic mass is 16.6. The summed E-state index contributed by atoms with van der Waals surface area (Å²) in [6.45, 7) is 10.3. The molecule has 3 aliphatic rings. The third-order valence-electron chi connectivity index (χ3n) is 9.08. The number of fused-ring (bicyclic) bond motifs is 1. The van der Waals surface area contributed by atoms with Gasteiger partial charge in [-0.3, -0.25) is 9.36 Å². The quantitative estimate of drug-likeness (QED) is 0.372. The first-order chi connectivity index (χ1) is 19.3. The monoisotopic (exact) mass is 573 g/mol. The Morgan fingerprint density at radius 1 is 1.17 bits per heavy atom. The molecule has 226 valence electrons. The Balaban J connectivity index is 1.74. The SMILES string of the molecule is CO[C@H]1C[C@H]2C=C[C@@H]3C[C@]2(O[C@H]3[C@H](OC(=O)c2cccn2C(C)=O)[C@H](C)[C@H](C)O)/C(C)=C/[C@@H](C)[C@@H]([C@@H](C)O)OC1=O. The lowest BCUT2D eigenvalue weighted by Crippen LogP contribution is -2.47. The van der Waals surface area contributed by atoms with Crippen LogP contribution in [0.4, 0.5) is 0 Å². The number of aromatic nitrogens is 1. The Hall–Kier alpha value is -2.79. The first kappa shape index (κ1) is 31.2. The van der Waals surface area contributed by atoms with Crippen molar-refractivity contribution in [2.24, 2.45) is 23.7 Å². The molecule has 1 fully saturated rings. The van der Waals surface area contributed by atoms with Crippen LogP contribution < -0.4 is 0 Å². The van der Waals surface area contributed by atoms with Crippen LogP contribution in [0.15, 0.2) is 42.1 Å². The van der Waals surface area contributed by atoms with E-state index in [1.54, 1.807) is 26.8 Å². The van der Waals surface area contributed by atoms with Crippen molar-refractivity contribution in [2.45, 2.75) is 96.6 Å². The Kier molecular flexibility index (Phi) is 9.28. The fourth-order valence-electron chi connectivity index (χ4n) is 6.58. The summed E-state index contributed by atoms with van der Waals surface area (Å²) in [7, 11) is 1.46. The van der Waals surface area contributed by atoms with Gasteiger partial charge in [-0.1, -0.05) is 32.1 Å². The van der Waals surface area contributed by atoms with Crippen LogP contribution in [0.25, 0.3) is 0 Å². The molecule has 41 heavy (non-hydrogen) atoms. The number of aliphatic hydroxyl groups is 2. The van der Waals surface area contributed by atoms with Gasteiger partial charge in [-0.05, 0) is 51.3 Å². The molecule has 2 aliphatic heterocycles. The van der Waals surface area contributed by atoms with Gasteiger partial charge in [0.05, 0.1) is 17.8 Å². The van der Waals surface area contributed by atoms with Crippen molar-refractivity contribution in [1.82, 2.24) is 4.57 Å². The Morgan fingerprint density at radius 3 is 2.49 bits per heavy atom. The van der Waals surface area contributed by atoms with Crippen LogP contribution in [0.2, 0.25) is 0 Å². The molecule has 1 aromatic heterocycles. The van der Waals surface area contributed by atoms with Gasteiger partial charge in [-0.2, -0.15) is 0 Å². The van der Waals surface area contributed by atoms with Crippen LogP contribution in [-0.2, 0) is 23.7 Å². The second-order valence-corrected chi connectivity index (χ2v) is 11.9. The Morgan fingerprint density at radius 2 is 1.88 bits per heavy atom. The maximum Gasteiger partial charge on any atom is 0.355 e. The third-order valence-corrected chi connectivity index (χ3v) is 9.08. The first-order valence-corrected chi connectivity index (χ1v) is 14.3. The summed E-state index contributed by atoms with van der Waals surface area (Å²) in [5.41, 5.74) is 0.186. The molecule has 3 heterocycles. The molecule has 2 bridgehead atoms. The van der Waals surface area contributed by atoms with Crippen LogP contribution in [-0.4, -0.2) is 82.0 Å². The van der Waals surface area contributed by atoms with Crippen LogP contribution >= 0.6 is 0 Å². The first-order valence-electron chi connectivity index (χ1n) is 14.3. The Labute approximate surface area is 241 Å². The number of esters is 2. The lowest BCUT2D eigenvalue weighted by atomic mass is 9.69. The van der Waals surface area contributed by atoms with E-state index in [-0.39, 0.29) is 29.4 Å². The summed E-state index contributed by atoms with van der Waals surface area (Å²) in [6, 6.07) is 3.12. The van der Waals surface area contributed by atoms with Gasteiger partial charge in [0.25, 0.3) is 0 Å². The molecule has 1 aromatic rings. The number of nitrogens with zero attached hydrogens (tertiary/aromatic N) is 1. The minimum absolute atomic E-state index is 0.0991. The number of ether oxygens (including phenoxy) is 4. The number of rotatable bonds is 7. The maximum atomic E-state index is 13.4. The molecule has 2 N–H and O–H groups in total. The molecule has 0 amide bonds. The van der Waals surface area contributed by atoms with Crippen molar-refractivity contribution in [3.05, 3.63) is 47.8 Å². The van der Waals surface area contributed by atoms with Crippen LogP contribution in [0, 0.1) is 23.7 Å². The number of cyclic esters (lactones) is 1. The van der Waals surface area contributed by atoms with Gasteiger partial charge in [-0.25, -0.2) is 9.59 Å². The van der Waals surface area contributed by atoms with Gasteiger partial charge in [0, 0.05) is 43.9 Å². The molecule has 0 aromatic carbocycles. The summed E-state index contributed by atoms with van der Waals surface area (Å²) in [5, 5.41) is 21.0. The second-order valence-electron chi connectivity index (χ2n) is 11.9. The van der Waals surface area contributed by atoms with Gasteiger partial charge < -0.3 is 29.2 Å². The van der Waals surface area contributed by atoms with E-state index in [1.165, 1.54) is 30.9 Å². The average Bonchev–Trinajstić information content (AvgIpc) is 3.53. The molecule has 1 aliphatic carbocycles. The van der Waals surface area contributed by atoms with E-state index in [0.717, 1.165) is 5.57 Å². The molecule has 0 radical (unpaired) electrons. The zero-order valence-electron chi connectivity index (χ0n) is 24.9. The highest BCUT2D eigenvalue weighted by Crippen LogP contribution is 2.53. The predicted molar refractivity (Wildman–Crippen MR) is 149 cm³/mol. The number of aliphatic hydroxyl groups excluding tert-OH is 2. The largest absolute Gasteiger partial charge is 0.457 e. The maximum absolute atomic E-state index is 13.4. The van der Waals surface area contributed by atoms with E-state index < -0.39 is 60.1 Å². The number of carbonyl (C=O) groups is 3. The standard InChI is InChI=1S/C31H43NO9/c1-16-13-17(2)31-15-22(10-11-23(31)14-25(38-7)30(37)39-26(16)20(5)34)28(41-31)27(18(3)19(4)33)40-29(36)24-9-8-12-32(24)21(6)35/h8-13,16,18-20,22-23,25-28,33-34H,14-15H2,1-7H3/b17-13+/t16-,18-,19+,20-,22-,23-,25+,26+,27-,28-,31+/m1/s1. The predicted octanol–water partition coefficient (Wildman–Crippen LogP) is 3.31. The smallest absolute Gasteiger partial charge is 0.355 e. The van der Waals surface area contributed by atoms with Gasteiger partial charge in [0.15, 0.2) is 6.10 Å². The fourth-order valence-corrected chi connectivity index (χ4v) is 6.58. The Bertz CT molecular complexity index is 1200. The third kappa shape index (κ3) is 5.93. The number of methoxy groups -OCH3 is 1. The molecule has 0 unspecified atom stereocenters. The van der Waals surface area contributed by atoms with E-state index in [9.17, 15) is 24.6 Å². The minimum Gasteiger partial charge on any atom is -0.457 e. The average molecular weight is 574 g/mol.